The van der Waals surface area contributed by atoms with E-state index in [4.69, 9.17) is 11.6 Å². The fourth-order valence-corrected chi connectivity index (χ4v) is 3.21. The molecule has 6 nitrogen and oxygen atoms in total. The molecule has 34 heavy (non-hydrogen) atoms. The van der Waals surface area contributed by atoms with Gasteiger partial charge in [-0.25, -0.2) is 0 Å². The van der Waals surface area contributed by atoms with Crippen molar-refractivity contribution < 1.29 is 14.3 Å². The number of likely N-dealkylation sites (N-methyl/N-ethyl adjacent to an activating group) is 1. The molecule has 0 aliphatic carbocycles. The van der Waals surface area contributed by atoms with Crippen molar-refractivity contribution in [2.75, 3.05) is 40.1 Å². The number of nitrogens with one attached hydrogen (secondary N) is 1. The summed E-state index contributed by atoms with van der Waals surface area (Å²) in [5, 5.41) is 0.794. The van der Waals surface area contributed by atoms with Crippen molar-refractivity contribution in [3.63, 3.8) is 0 Å². The van der Waals surface area contributed by atoms with Crippen molar-refractivity contribution in [1.82, 2.24) is 9.62 Å². The van der Waals surface area contributed by atoms with Crippen LogP contribution in [0.25, 0.3) is 0 Å². The van der Waals surface area contributed by atoms with Crippen molar-refractivity contribution in [3.05, 3.63) is 45.5 Å². The highest BCUT2D eigenvalue weighted by Crippen LogP contribution is 2.21. The first-order valence-electron chi connectivity index (χ1n) is 10.6. The summed E-state index contributed by atoms with van der Waals surface area (Å²) in [4.78, 5) is 27.7. The van der Waals surface area contributed by atoms with Gasteiger partial charge in [-0.05, 0) is 81.6 Å². The summed E-state index contributed by atoms with van der Waals surface area (Å²) in [6, 6.07) is 9.44. The van der Waals surface area contributed by atoms with E-state index in [0.29, 0.717) is 22.9 Å². The molecule has 0 radical (unpaired) electrons. The van der Waals surface area contributed by atoms with Gasteiger partial charge >= 0.3 is 0 Å². The second kappa shape index (κ2) is 25.3. The van der Waals surface area contributed by atoms with Crippen LogP contribution in [-0.2, 0) is 14.3 Å². The zero-order chi connectivity index (χ0) is 27.0. The van der Waals surface area contributed by atoms with Crippen LogP contribution < -0.4 is 4.72 Å². The summed E-state index contributed by atoms with van der Waals surface area (Å²) < 4.78 is 8.37. The standard InChI is InChI=1S/C14H24BrN3O2S.C6H5Cl.C3H8O.CH4S/c1-14(2,3)21-17-8-6-7-11(16-4)12(15)13(20)18(5)9-10-19;7-6-4-2-1-3-5-6;1-3-4-2;1-2/h10,17H,4,6-9H2,1-3,5H3;1-5H;3H2,1-2H3;2H,1H3/b12-11+;;;. The molecule has 0 saturated heterocycles. The molecule has 0 aliphatic heterocycles. The summed E-state index contributed by atoms with van der Waals surface area (Å²) in [5.41, 5.74) is 0.611. The van der Waals surface area contributed by atoms with Crippen LogP contribution in [-0.4, -0.2) is 68.7 Å². The Hall–Kier alpha value is -0.840. The van der Waals surface area contributed by atoms with Crippen molar-refractivity contribution in [2.24, 2.45) is 4.99 Å². The average molecular weight is 599 g/mol. The van der Waals surface area contributed by atoms with Crippen LogP contribution in [0.4, 0.5) is 0 Å². The number of benzene rings is 1. The minimum atomic E-state index is -0.262. The first kappa shape index (κ1) is 37.7. The molecule has 1 rings (SSSR count). The molecular weight excluding hydrogens is 558 g/mol. The van der Waals surface area contributed by atoms with Crippen molar-refractivity contribution in [1.29, 1.82) is 0 Å². The molecular formula is C24H41BrClN3O3S2. The number of amides is 1. The monoisotopic (exact) mass is 597 g/mol. The lowest BCUT2D eigenvalue weighted by Crippen LogP contribution is -2.28. The summed E-state index contributed by atoms with van der Waals surface area (Å²) in [6.45, 7) is 13.6. The first-order valence-corrected chi connectivity index (χ1v) is 13.5. The molecule has 1 N–H and O–H groups in total. The molecule has 1 amide bonds. The van der Waals surface area contributed by atoms with E-state index in [-0.39, 0.29) is 17.2 Å². The number of carbonyl (C=O) groups is 2. The van der Waals surface area contributed by atoms with Crippen LogP contribution in [0.15, 0.2) is 45.5 Å². The van der Waals surface area contributed by atoms with E-state index in [0.717, 1.165) is 24.6 Å². The molecule has 0 saturated carbocycles. The Bertz CT molecular complexity index is 686. The molecule has 0 unspecified atom stereocenters. The Kier molecular flexibility index (Phi) is 28.0. The Morgan fingerprint density at radius 2 is 1.85 bits per heavy atom. The molecule has 196 valence electrons. The lowest BCUT2D eigenvalue weighted by Gasteiger charge is -2.18. The van der Waals surface area contributed by atoms with Gasteiger partial charge in [0.25, 0.3) is 5.91 Å². The van der Waals surface area contributed by atoms with E-state index in [1.54, 1.807) is 32.4 Å². The average Bonchev–Trinajstić information content (AvgIpc) is 2.82. The van der Waals surface area contributed by atoms with Gasteiger partial charge in [0.2, 0.25) is 0 Å². The van der Waals surface area contributed by atoms with Gasteiger partial charge in [-0.2, -0.15) is 12.6 Å². The number of ether oxygens (including phenoxy) is 1. The van der Waals surface area contributed by atoms with Gasteiger partial charge in [0.15, 0.2) is 0 Å². The molecule has 0 aliphatic rings. The second-order valence-corrected chi connectivity index (χ2v) is 10.3. The third-order valence-electron chi connectivity index (χ3n) is 3.42. The van der Waals surface area contributed by atoms with E-state index >= 15 is 0 Å². The van der Waals surface area contributed by atoms with Crippen LogP contribution in [0.3, 0.4) is 0 Å². The summed E-state index contributed by atoms with van der Waals surface area (Å²) in [7, 11) is 3.25. The molecule has 1 aromatic carbocycles. The lowest BCUT2D eigenvalue weighted by molar-refractivity contribution is -0.127. The maximum Gasteiger partial charge on any atom is 0.262 e. The van der Waals surface area contributed by atoms with Crippen LogP contribution in [0.2, 0.25) is 5.02 Å². The molecule has 10 heteroatoms. The Balaban J connectivity index is -0.000000598. The number of rotatable bonds is 10. The van der Waals surface area contributed by atoms with E-state index in [2.05, 4.69) is 70.5 Å². The highest BCUT2D eigenvalue weighted by Gasteiger charge is 2.16. The SMILES string of the molecule is C=N/C(CCCNSC(C)(C)C)=C(/Br)C(=O)N(C)CC=O.CCOC.CS.Clc1ccccc1. The van der Waals surface area contributed by atoms with Gasteiger partial charge in [0.1, 0.15) is 10.8 Å². The first-order chi connectivity index (χ1) is 16.0. The van der Waals surface area contributed by atoms with E-state index < -0.39 is 0 Å². The lowest BCUT2D eigenvalue weighted by atomic mass is 10.2. The molecule has 0 fully saturated rings. The van der Waals surface area contributed by atoms with Gasteiger partial charge in [0.05, 0.1) is 12.2 Å². The molecule has 1 aromatic rings. The van der Waals surface area contributed by atoms with Crippen molar-refractivity contribution in [2.45, 2.75) is 45.3 Å². The molecule has 0 spiro atoms. The van der Waals surface area contributed by atoms with Crippen molar-refractivity contribution >= 4 is 71.0 Å². The van der Waals surface area contributed by atoms with Crippen molar-refractivity contribution in [3.8, 4) is 0 Å². The van der Waals surface area contributed by atoms with Gasteiger partial charge in [-0.3, -0.25) is 14.5 Å². The highest BCUT2D eigenvalue weighted by molar-refractivity contribution is 9.12. The zero-order valence-corrected chi connectivity index (χ0v) is 25.5. The third kappa shape index (κ3) is 24.3. The number of hydrogen-bond donors (Lipinski definition) is 2. The second-order valence-electron chi connectivity index (χ2n) is 7.36. The number of hydrogen-bond acceptors (Lipinski definition) is 7. The maximum absolute atomic E-state index is 12.0. The Morgan fingerprint density at radius 3 is 2.21 bits per heavy atom. The van der Waals surface area contributed by atoms with E-state index in [9.17, 15) is 9.59 Å². The summed E-state index contributed by atoms with van der Waals surface area (Å²) in [5.74, 6) is -0.262. The predicted molar refractivity (Wildman–Crippen MR) is 158 cm³/mol. The fourth-order valence-electron chi connectivity index (χ4n) is 1.75. The topological polar surface area (TPSA) is 71.0 Å². The molecule has 0 bridgehead atoms. The number of aldehydes is 1. The predicted octanol–water partition coefficient (Wildman–Crippen LogP) is 6.31. The van der Waals surface area contributed by atoms with Gasteiger partial charge in [-0.1, -0.05) is 41.7 Å². The number of halogens is 2. The summed E-state index contributed by atoms with van der Waals surface area (Å²) >= 11 is 14.0. The third-order valence-corrected chi connectivity index (χ3v) is 5.43. The molecule has 0 atom stereocenters. The van der Waals surface area contributed by atoms with E-state index in [1.165, 1.54) is 4.90 Å². The number of nitrogens with zero attached hydrogens (tertiary/aromatic N) is 2. The Morgan fingerprint density at radius 1 is 1.32 bits per heavy atom. The largest absolute Gasteiger partial charge is 0.385 e. The highest BCUT2D eigenvalue weighted by atomic mass is 79.9. The normalized spacial score (nSPS) is 10.6. The van der Waals surface area contributed by atoms with Crippen LogP contribution in [0, 0.1) is 0 Å². The number of thiol groups is 1. The van der Waals surface area contributed by atoms with Crippen LogP contribution >= 0.6 is 52.1 Å². The number of aliphatic imine (C=N–C) groups is 1. The minimum Gasteiger partial charge on any atom is -0.385 e. The van der Waals surface area contributed by atoms with Crippen LogP contribution in [0.1, 0.15) is 40.5 Å². The number of allylic oxidation sites excluding steroid dienone is 1. The van der Waals surface area contributed by atoms with Gasteiger partial charge in [0, 0.05) is 37.1 Å². The smallest absolute Gasteiger partial charge is 0.262 e. The van der Waals surface area contributed by atoms with Gasteiger partial charge < -0.3 is 14.4 Å². The maximum atomic E-state index is 12.0. The van der Waals surface area contributed by atoms with Crippen LogP contribution in [0.5, 0.6) is 0 Å². The Labute approximate surface area is 230 Å². The quantitative estimate of drug-likeness (QED) is 0.0825. The summed E-state index contributed by atoms with van der Waals surface area (Å²) in [6.07, 6.45) is 3.87. The molecule has 0 aromatic heterocycles. The van der Waals surface area contributed by atoms with Gasteiger partial charge in [-0.15, -0.1) is 0 Å². The molecule has 0 heterocycles. The zero-order valence-electron chi connectivity index (χ0n) is 21.4. The number of carbonyl (C=O) groups excluding carboxylic acids is 2. The van der Waals surface area contributed by atoms with E-state index in [1.807, 2.05) is 37.3 Å². The minimum absolute atomic E-state index is 0.0577. The fraction of sp³-hybridized carbons (Fsp3) is 0.542. The number of methoxy groups -OCH3 is 1.